The molecule has 94 valence electrons. The second kappa shape index (κ2) is 6.38. The topological polar surface area (TPSA) is 24.1 Å². The molecule has 1 aromatic carbocycles. The second-order valence-corrected chi connectivity index (χ2v) is 6.78. The van der Waals surface area contributed by atoms with Crippen molar-refractivity contribution >= 4 is 44.2 Å². The molecule has 0 radical (unpaired) electrons. The molecule has 1 heterocycles. The van der Waals surface area contributed by atoms with Gasteiger partial charge in [-0.25, -0.2) is 0 Å². The zero-order valence-corrected chi connectivity index (χ0v) is 13.7. The zero-order valence-electron chi connectivity index (χ0n) is 9.97. The van der Waals surface area contributed by atoms with E-state index in [-0.39, 0.29) is 0 Å². The van der Waals surface area contributed by atoms with E-state index in [9.17, 15) is 0 Å². The van der Waals surface area contributed by atoms with E-state index in [1.54, 1.807) is 0 Å². The number of hydrogen-bond donors (Lipinski definition) is 2. The Morgan fingerprint density at radius 3 is 3.12 bits per heavy atom. The van der Waals surface area contributed by atoms with Crippen LogP contribution in [0.25, 0.3) is 0 Å². The standard InChI is InChI=1S/C13H18BrIN2/c1-9(7-11-3-2-6-16-11)17-13-8-10(14)4-5-12(13)15/h4-5,8-9,11,16-17H,2-3,6-7H2,1H3. The average Bonchev–Trinajstić information content (AvgIpc) is 2.76. The van der Waals surface area contributed by atoms with Crippen molar-refractivity contribution in [1.29, 1.82) is 0 Å². The van der Waals surface area contributed by atoms with Crippen LogP contribution in [0.5, 0.6) is 0 Å². The van der Waals surface area contributed by atoms with Crippen LogP contribution in [0.2, 0.25) is 0 Å². The van der Waals surface area contributed by atoms with Crippen LogP contribution < -0.4 is 10.6 Å². The Bertz CT molecular complexity index is 378. The molecular formula is C13H18BrIN2. The van der Waals surface area contributed by atoms with Gasteiger partial charge in [0, 0.05) is 25.8 Å². The van der Waals surface area contributed by atoms with E-state index in [4.69, 9.17) is 0 Å². The lowest BCUT2D eigenvalue weighted by Gasteiger charge is -2.20. The van der Waals surface area contributed by atoms with Gasteiger partial charge < -0.3 is 10.6 Å². The molecule has 0 bridgehead atoms. The molecule has 0 saturated carbocycles. The van der Waals surface area contributed by atoms with Crippen molar-refractivity contribution in [2.75, 3.05) is 11.9 Å². The largest absolute Gasteiger partial charge is 0.382 e. The van der Waals surface area contributed by atoms with Gasteiger partial charge in [-0.2, -0.15) is 0 Å². The first-order valence-corrected chi connectivity index (χ1v) is 7.97. The van der Waals surface area contributed by atoms with Crippen LogP contribution in [0.4, 0.5) is 5.69 Å². The van der Waals surface area contributed by atoms with Crippen LogP contribution in [-0.4, -0.2) is 18.6 Å². The molecule has 4 heteroatoms. The molecule has 0 amide bonds. The van der Waals surface area contributed by atoms with Crippen molar-refractivity contribution in [1.82, 2.24) is 5.32 Å². The number of nitrogens with one attached hydrogen (secondary N) is 2. The summed E-state index contributed by atoms with van der Waals surface area (Å²) in [6, 6.07) is 7.57. The van der Waals surface area contributed by atoms with Gasteiger partial charge in [0.2, 0.25) is 0 Å². The van der Waals surface area contributed by atoms with E-state index >= 15 is 0 Å². The first kappa shape index (κ1) is 13.6. The second-order valence-electron chi connectivity index (χ2n) is 4.70. The molecule has 2 rings (SSSR count). The SMILES string of the molecule is CC(CC1CCCN1)Nc1cc(Br)ccc1I. The first-order valence-electron chi connectivity index (χ1n) is 6.10. The monoisotopic (exact) mass is 408 g/mol. The summed E-state index contributed by atoms with van der Waals surface area (Å²) in [6.45, 7) is 3.45. The summed E-state index contributed by atoms with van der Waals surface area (Å²) >= 11 is 5.89. The minimum atomic E-state index is 0.508. The zero-order chi connectivity index (χ0) is 12.3. The molecule has 1 aliphatic heterocycles. The van der Waals surface area contributed by atoms with Gasteiger partial charge in [0.1, 0.15) is 0 Å². The molecule has 0 aromatic heterocycles. The molecule has 2 unspecified atom stereocenters. The molecule has 1 aromatic rings. The summed E-state index contributed by atoms with van der Waals surface area (Å²) in [7, 11) is 0. The number of halogens is 2. The molecular weight excluding hydrogens is 391 g/mol. The van der Waals surface area contributed by atoms with Gasteiger partial charge in [-0.1, -0.05) is 15.9 Å². The molecule has 0 aliphatic carbocycles. The molecule has 2 nitrogen and oxygen atoms in total. The van der Waals surface area contributed by atoms with Crippen LogP contribution in [-0.2, 0) is 0 Å². The molecule has 1 aliphatic rings. The van der Waals surface area contributed by atoms with Gasteiger partial charge in [-0.3, -0.25) is 0 Å². The maximum atomic E-state index is 3.60. The highest BCUT2D eigenvalue weighted by molar-refractivity contribution is 14.1. The van der Waals surface area contributed by atoms with Crippen molar-refractivity contribution < 1.29 is 0 Å². The van der Waals surface area contributed by atoms with Crippen molar-refractivity contribution in [3.8, 4) is 0 Å². The Morgan fingerprint density at radius 2 is 2.41 bits per heavy atom. The Morgan fingerprint density at radius 1 is 1.59 bits per heavy atom. The van der Waals surface area contributed by atoms with Crippen molar-refractivity contribution in [3.63, 3.8) is 0 Å². The van der Waals surface area contributed by atoms with Crippen LogP contribution in [0.1, 0.15) is 26.2 Å². The van der Waals surface area contributed by atoms with Crippen molar-refractivity contribution in [3.05, 3.63) is 26.2 Å². The van der Waals surface area contributed by atoms with E-state index in [0.717, 1.165) is 4.47 Å². The van der Waals surface area contributed by atoms with Gasteiger partial charge in [0.05, 0.1) is 0 Å². The Hall–Kier alpha value is 0.190. The predicted octanol–water partition coefficient (Wildman–Crippen LogP) is 4.00. The normalized spacial score (nSPS) is 21.5. The van der Waals surface area contributed by atoms with Gasteiger partial charge in [0.15, 0.2) is 0 Å². The van der Waals surface area contributed by atoms with E-state index in [1.807, 2.05) is 0 Å². The Labute approximate surface area is 125 Å². The summed E-state index contributed by atoms with van der Waals surface area (Å²) in [5, 5.41) is 7.15. The van der Waals surface area contributed by atoms with Gasteiger partial charge >= 0.3 is 0 Å². The third-order valence-corrected chi connectivity index (χ3v) is 4.56. The molecule has 1 saturated heterocycles. The van der Waals surface area contributed by atoms with E-state index in [2.05, 4.69) is 74.3 Å². The first-order chi connectivity index (χ1) is 8.15. The third-order valence-electron chi connectivity index (χ3n) is 3.13. The van der Waals surface area contributed by atoms with Crippen molar-refractivity contribution in [2.24, 2.45) is 0 Å². The molecule has 1 fully saturated rings. The Balaban J connectivity index is 1.92. The van der Waals surface area contributed by atoms with Gasteiger partial charge in [-0.15, -0.1) is 0 Å². The summed E-state index contributed by atoms with van der Waals surface area (Å²) in [6.07, 6.45) is 3.84. The van der Waals surface area contributed by atoms with Crippen LogP contribution in [0, 0.1) is 3.57 Å². The molecule has 0 spiro atoms. The highest BCUT2D eigenvalue weighted by Gasteiger charge is 2.17. The number of anilines is 1. The van der Waals surface area contributed by atoms with E-state index < -0.39 is 0 Å². The summed E-state index contributed by atoms with van der Waals surface area (Å²) in [5.41, 5.74) is 1.23. The fourth-order valence-corrected chi connectivity index (χ4v) is 3.17. The lowest BCUT2D eigenvalue weighted by atomic mass is 10.1. The maximum absolute atomic E-state index is 3.60. The van der Waals surface area contributed by atoms with Crippen LogP contribution in [0.15, 0.2) is 22.7 Å². The highest BCUT2D eigenvalue weighted by atomic mass is 127. The fraction of sp³-hybridized carbons (Fsp3) is 0.538. The van der Waals surface area contributed by atoms with Crippen LogP contribution >= 0.6 is 38.5 Å². The predicted molar refractivity (Wildman–Crippen MR) is 85.6 cm³/mol. The lowest BCUT2D eigenvalue weighted by Crippen LogP contribution is -2.29. The minimum Gasteiger partial charge on any atom is -0.382 e. The summed E-state index contributed by atoms with van der Waals surface area (Å²) < 4.78 is 2.41. The van der Waals surface area contributed by atoms with Gasteiger partial charge in [0.25, 0.3) is 0 Å². The van der Waals surface area contributed by atoms with Crippen LogP contribution in [0.3, 0.4) is 0 Å². The van der Waals surface area contributed by atoms with E-state index in [1.165, 1.54) is 35.1 Å². The summed E-state index contributed by atoms with van der Waals surface area (Å²) in [5.74, 6) is 0. The summed E-state index contributed by atoms with van der Waals surface area (Å²) in [4.78, 5) is 0. The number of rotatable bonds is 4. The maximum Gasteiger partial charge on any atom is 0.0489 e. The number of benzene rings is 1. The number of hydrogen-bond acceptors (Lipinski definition) is 2. The minimum absolute atomic E-state index is 0.508. The quantitative estimate of drug-likeness (QED) is 0.736. The van der Waals surface area contributed by atoms with E-state index in [0.29, 0.717) is 12.1 Å². The fourth-order valence-electron chi connectivity index (χ4n) is 2.32. The lowest BCUT2D eigenvalue weighted by molar-refractivity contribution is 0.523. The average molecular weight is 409 g/mol. The van der Waals surface area contributed by atoms with Crippen molar-refractivity contribution in [2.45, 2.75) is 38.3 Å². The van der Waals surface area contributed by atoms with Gasteiger partial charge in [-0.05, 0) is 73.5 Å². The Kier molecular flexibility index (Phi) is 5.11. The highest BCUT2D eigenvalue weighted by Crippen LogP contribution is 2.24. The molecule has 2 N–H and O–H groups in total. The molecule has 17 heavy (non-hydrogen) atoms. The molecule has 2 atom stereocenters. The smallest absolute Gasteiger partial charge is 0.0489 e. The third kappa shape index (κ3) is 4.10.